The third-order valence-corrected chi connectivity index (χ3v) is 13.3. The van der Waals surface area contributed by atoms with Crippen molar-refractivity contribution in [1.29, 1.82) is 0 Å². The number of carbonyl (C=O) groups excluding carboxylic acids is 1. The van der Waals surface area contributed by atoms with Gasteiger partial charge in [-0.05, 0) is 57.6 Å². The van der Waals surface area contributed by atoms with Gasteiger partial charge < -0.3 is 23.7 Å². The molecule has 0 bridgehead atoms. The van der Waals surface area contributed by atoms with Crippen LogP contribution in [0.3, 0.4) is 0 Å². The summed E-state index contributed by atoms with van der Waals surface area (Å²) in [5.41, 5.74) is 2.54. The Morgan fingerprint density at radius 2 is 1.50 bits per heavy atom. The number of benzene rings is 4. The Balaban J connectivity index is 1.46. The largest absolute Gasteiger partial charge is 0.416 e. The van der Waals surface area contributed by atoms with Gasteiger partial charge in [0.25, 0.3) is 14.9 Å². The molecule has 1 amide bonds. The van der Waals surface area contributed by atoms with Crippen molar-refractivity contribution in [3.05, 3.63) is 125 Å². The zero-order chi connectivity index (χ0) is 41.6. The first-order chi connectivity index (χ1) is 27.6. The fraction of sp³-hybridized carbons (Fsp3) is 0.457. The lowest BCUT2D eigenvalue weighted by atomic mass is 9.82. The molecule has 311 valence electrons. The maximum Gasteiger partial charge on any atom is 0.416 e. The molecule has 0 aliphatic carbocycles. The minimum Gasteiger partial charge on any atom is -0.398 e. The molecular formula is C46H58F3N4O4Si. The molecule has 4 aromatic rings. The van der Waals surface area contributed by atoms with Crippen molar-refractivity contribution in [2.24, 2.45) is 0 Å². The fourth-order valence-electron chi connectivity index (χ4n) is 8.06. The van der Waals surface area contributed by atoms with E-state index in [1.54, 1.807) is 37.1 Å². The van der Waals surface area contributed by atoms with E-state index in [4.69, 9.17) is 13.9 Å². The van der Waals surface area contributed by atoms with E-state index in [1.807, 2.05) is 36.4 Å². The Hall–Kier alpha value is -4.04. The van der Waals surface area contributed by atoms with E-state index in [-0.39, 0.29) is 17.1 Å². The van der Waals surface area contributed by atoms with Gasteiger partial charge in [0.05, 0.1) is 37.0 Å². The number of methoxy groups -OCH3 is 1. The van der Waals surface area contributed by atoms with Crippen LogP contribution in [0.2, 0.25) is 0 Å². The quantitative estimate of drug-likeness (QED) is 0.145. The average molecular weight is 816 g/mol. The van der Waals surface area contributed by atoms with Gasteiger partial charge >= 0.3 is 6.18 Å². The van der Waals surface area contributed by atoms with Crippen LogP contribution >= 0.6 is 0 Å². The highest BCUT2D eigenvalue weighted by molar-refractivity contribution is 6.80. The minimum absolute atomic E-state index is 0.00385. The lowest BCUT2D eigenvalue weighted by molar-refractivity contribution is -0.137. The molecule has 2 fully saturated rings. The second-order valence-electron chi connectivity index (χ2n) is 16.7. The van der Waals surface area contributed by atoms with Gasteiger partial charge in [0, 0.05) is 78.3 Å². The molecule has 1 radical (unpaired) electrons. The molecule has 1 unspecified atom stereocenters. The van der Waals surface area contributed by atoms with E-state index < -0.39 is 38.8 Å². The lowest BCUT2D eigenvalue weighted by Gasteiger charge is -2.46. The number of ether oxygens (including phenoxy) is 2. The number of morpholine rings is 1. The number of aryl methyl sites for hydroxylation is 1. The van der Waals surface area contributed by atoms with Gasteiger partial charge in [-0.1, -0.05) is 99.6 Å². The van der Waals surface area contributed by atoms with Gasteiger partial charge in [-0.3, -0.25) is 14.6 Å². The zero-order valence-electron chi connectivity index (χ0n) is 34.9. The molecule has 2 aliphatic rings. The Kier molecular flexibility index (Phi) is 14.2. The molecule has 8 nitrogen and oxygen atoms in total. The number of halogens is 3. The summed E-state index contributed by atoms with van der Waals surface area (Å²) in [6, 6.07) is 30.0. The van der Waals surface area contributed by atoms with E-state index in [0.29, 0.717) is 38.5 Å². The van der Waals surface area contributed by atoms with Crippen molar-refractivity contribution in [2.45, 2.75) is 57.5 Å². The van der Waals surface area contributed by atoms with Crippen LogP contribution in [0.25, 0.3) is 0 Å². The predicted molar refractivity (Wildman–Crippen MR) is 227 cm³/mol. The van der Waals surface area contributed by atoms with Crippen LogP contribution in [0.4, 0.5) is 18.9 Å². The summed E-state index contributed by atoms with van der Waals surface area (Å²) in [5, 5.41) is 2.12. The van der Waals surface area contributed by atoms with Crippen LogP contribution in [-0.4, -0.2) is 122 Å². The maximum absolute atomic E-state index is 15.0. The minimum atomic E-state index is -4.62. The van der Waals surface area contributed by atoms with Crippen molar-refractivity contribution < 1.29 is 31.9 Å². The van der Waals surface area contributed by atoms with Crippen LogP contribution in [-0.2, 0) is 25.5 Å². The molecule has 2 heterocycles. The molecule has 0 saturated carbocycles. The predicted octanol–water partition coefficient (Wildman–Crippen LogP) is 6.41. The maximum atomic E-state index is 15.0. The van der Waals surface area contributed by atoms with E-state index in [9.17, 15) is 18.0 Å². The molecule has 4 aromatic carbocycles. The summed E-state index contributed by atoms with van der Waals surface area (Å²) in [4.78, 5) is 23.1. The zero-order valence-corrected chi connectivity index (χ0v) is 35.9. The summed E-state index contributed by atoms with van der Waals surface area (Å²) < 4.78 is 61.9. The lowest BCUT2D eigenvalue weighted by Crippen LogP contribution is -2.60. The number of rotatable bonds is 13. The molecule has 0 aromatic heterocycles. The molecule has 0 N–H and O–H groups in total. The van der Waals surface area contributed by atoms with Crippen molar-refractivity contribution in [1.82, 2.24) is 14.7 Å². The molecule has 6 rings (SSSR count). The van der Waals surface area contributed by atoms with Crippen molar-refractivity contribution in [3.63, 3.8) is 0 Å². The van der Waals surface area contributed by atoms with Crippen LogP contribution < -0.4 is 15.3 Å². The van der Waals surface area contributed by atoms with E-state index in [1.165, 1.54) is 5.56 Å². The molecule has 58 heavy (non-hydrogen) atoms. The molecule has 2 saturated heterocycles. The first-order valence-electron chi connectivity index (χ1n) is 20.1. The van der Waals surface area contributed by atoms with Gasteiger partial charge in [0.1, 0.15) is 0 Å². The van der Waals surface area contributed by atoms with Gasteiger partial charge in [0.2, 0.25) is 0 Å². The number of alkyl halides is 3. The third-order valence-electron chi connectivity index (χ3n) is 11.1. The van der Waals surface area contributed by atoms with Crippen LogP contribution in [0.1, 0.15) is 59.5 Å². The van der Waals surface area contributed by atoms with Gasteiger partial charge in [-0.15, -0.1) is 0 Å². The van der Waals surface area contributed by atoms with Crippen molar-refractivity contribution in [2.75, 3.05) is 85.1 Å². The van der Waals surface area contributed by atoms with Crippen LogP contribution in [0.5, 0.6) is 0 Å². The highest BCUT2D eigenvalue weighted by Crippen LogP contribution is 2.37. The summed E-state index contributed by atoms with van der Waals surface area (Å²) in [6.45, 7) is 14.3. The SMILES string of the molecule is COC[C@@H]1CN(CCN2CCN(C(=O)c3cc(N(C)C)cc(C(F)(F)F)c3)[C@@H](C(O[Si](c3ccccc3)c3ccccc3)c3ccc(C)c(C(C)(C)C)c3)C2)CCO1. The van der Waals surface area contributed by atoms with Crippen LogP contribution in [0, 0.1) is 6.92 Å². The Morgan fingerprint density at radius 1 is 0.862 bits per heavy atom. The van der Waals surface area contributed by atoms with Gasteiger partial charge in [-0.25, -0.2) is 0 Å². The van der Waals surface area contributed by atoms with E-state index in [2.05, 4.69) is 80.0 Å². The number of anilines is 1. The Labute approximate surface area is 344 Å². The average Bonchev–Trinajstić information content (AvgIpc) is 3.20. The molecule has 2 aliphatic heterocycles. The highest BCUT2D eigenvalue weighted by Gasteiger charge is 2.41. The van der Waals surface area contributed by atoms with Crippen molar-refractivity contribution in [3.8, 4) is 0 Å². The Morgan fingerprint density at radius 3 is 2.09 bits per heavy atom. The Bertz CT molecular complexity index is 1920. The highest BCUT2D eigenvalue weighted by atomic mass is 28.3. The van der Waals surface area contributed by atoms with E-state index in [0.717, 1.165) is 59.8 Å². The number of nitrogens with zero attached hydrogens (tertiary/aromatic N) is 4. The monoisotopic (exact) mass is 815 g/mol. The number of amides is 1. The standard InChI is InChI=1S/C46H58F3N4O4Si/c1-33-18-19-34(28-41(33)45(2,3)4)43(57-58(39-14-10-8-11-15-39)40-16-12-9-13-17-40)42-31-51(20-21-52-24-25-56-38(30-52)32-55-7)22-23-53(42)44(54)35-26-36(46(47,48)49)29-37(27-35)50(5)6/h8-19,26-29,38,42-43H,20-25,30-32H2,1-7H3/t38-,42+,43?/m0/s1. The summed E-state index contributed by atoms with van der Waals surface area (Å²) in [7, 11) is 3.14. The summed E-state index contributed by atoms with van der Waals surface area (Å²) in [5.74, 6) is -0.445. The van der Waals surface area contributed by atoms with Crippen molar-refractivity contribution >= 4 is 31.0 Å². The molecule has 3 atom stereocenters. The van der Waals surface area contributed by atoms with Gasteiger partial charge in [0.15, 0.2) is 0 Å². The number of piperazine rings is 1. The van der Waals surface area contributed by atoms with E-state index >= 15 is 0 Å². The van der Waals surface area contributed by atoms with Crippen LogP contribution in [0.15, 0.2) is 97.1 Å². The second kappa shape index (κ2) is 18.9. The molecule has 0 spiro atoms. The number of hydrogen-bond donors (Lipinski definition) is 0. The number of carbonyl (C=O) groups is 1. The second-order valence-corrected chi connectivity index (χ2v) is 18.7. The first kappa shape index (κ1) is 43.5. The summed E-state index contributed by atoms with van der Waals surface area (Å²) >= 11 is 0. The smallest absolute Gasteiger partial charge is 0.398 e. The molecule has 12 heteroatoms. The number of hydrogen-bond acceptors (Lipinski definition) is 7. The molecular weight excluding hydrogens is 758 g/mol. The first-order valence-corrected chi connectivity index (χ1v) is 21.5. The summed E-state index contributed by atoms with van der Waals surface area (Å²) in [6.07, 6.45) is -5.23. The fourth-order valence-corrected chi connectivity index (χ4v) is 10.2. The van der Waals surface area contributed by atoms with Gasteiger partial charge in [-0.2, -0.15) is 13.2 Å². The third kappa shape index (κ3) is 10.8. The topological polar surface area (TPSA) is 57.7 Å². The normalized spacial score (nSPS) is 19.1.